The van der Waals surface area contributed by atoms with Crippen molar-refractivity contribution in [3.8, 4) is 0 Å². The lowest BCUT2D eigenvalue weighted by Crippen LogP contribution is -2.46. The Bertz CT molecular complexity index is 454. The van der Waals surface area contributed by atoms with E-state index in [0.717, 1.165) is 19.3 Å². The summed E-state index contributed by atoms with van der Waals surface area (Å²) in [5.41, 5.74) is 0. The molecule has 1 unspecified atom stereocenters. The summed E-state index contributed by atoms with van der Waals surface area (Å²) in [5, 5.41) is 2.92. The largest absolute Gasteiger partial charge is 0.459 e. The summed E-state index contributed by atoms with van der Waals surface area (Å²) in [6.45, 7) is 5.51. The van der Waals surface area contributed by atoms with Crippen LogP contribution in [0.15, 0.2) is 22.8 Å². The fourth-order valence-electron chi connectivity index (χ4n) is 2.43. The predicted octanol–water partition coefficient (Wildman–Crippen LogP) is 2.05. The van der Waals surface area contributed by atoms with Gasteiger partial charge in [0.25, 0.3) is 5.91 Å². The minimum Gasteiger partial charge on any atom is -0.459 e. The number of nitrogens with one attached hydrogen (secondary N) is 1. The van der Waals surface area contributed by atoms with Crippen LogP contribution in [0.5, 0.6) is 0 Å². The molecule has 5 heteroatoms. The molecule has 1 aliphatic heterocycles. The number of carbonyl (C=O) groups excluding carboxylic acids is 2. The minimum atomic E-state index is -0.361. The zero-order chi connectivity index (χ0) is 14.5. The summed E-state index contributed by atoms with van der Waals surface area (Å²) >= 11 is 0. The van der Waals surface area contributed by atoms with Crippen molar-refractivity contribution < 1.29 is 14.0 Å². The van der Waals surface area contributed by atoms with E-state index in [4.69, 9.17) is 4.42 Å². The second-order valence-corrected chi connectivity index (χ2v) is 5.61. The van der Waals surface area contributed by atoms with Crippen molar-refractivity contribution in [2.45, 2.75) is 39.2 Å². The van der Waals surface area contributed by atoms with Crippen molar-refractivity contribution in [2.24, 2.45) is 5.92 Å². The number of likely N-dealkylation sites (tertiary alicyclic amines) is 1. The van der Waals surface area contributed by atoms with Crippen LogP contribution in [0.25, 0.3) is 0 Å². The number of nitrogens with zero attached hydrogens (tertiary/aromatic N) is 1. The molecule has 1 aromatic rings. The van der Waals surface area contributed by atoms with E-state index >= 15 is 0 Å². The molecular formula is C15H22N2O3. The van der Waals surface area contributed by atoms with Crippen LogP contribution in [0.2, 0.25) is 0 Å². The lowest BCUT2D eigenvalue weighted by atomic mass is 10.1. The molecule has 20 heavy (non-hydrogen) atoms. The summed E-state index contributed by atoms with van der Waals surface area (Å²) in [7, 11) is 0. The molecule has 1 N–H and O–H groups in total. The third kappa shape index (κ3) is 3.40. The van der Waals surface area contributed by atoms with Crippen LogP contribution in [-0.2, 0) is 4.79 Å². The standard InChI is InChI=1S/C15H22N2O3/c1-11(2)7-8-16-14(18)12-5-3-9-17(12)15(19)13-6-4-10-20-13/h4,6,10-12H,3,5,7-9H2,1-2H3,(H,16,18). The summed E-state index contributed by atoms with van der Waals surface area (Å²) in [6, 6.07) is 2.95. The Hall–Kier alpha value is -1.78. The second kappa shape index (κ2) is 6.59. The number of rotatable bonds is 5. The molecule has 1 aliphatic rings. The molecule has 0 aromatic carbocycles. The zero-order valence-electron chi connectivity index (χ0n) is 12.1. The summed E-state index contributed by atoms with van der Waals surface area (Å²) < 4.78 is 5.13. The average molecular weight is 278 g/mol. The lowest BCUT2D eigenvalue weighted by molar-refractivity contribution is -0.124. The fraction of sp³-hybridized carbons (Fsp3) is 0.600. The Labute approximate surface area is 119 Å². The van der Waals surface area contributed by atoms with Gasteiger partial charge in [0.1, 0.15) is 6.04 Å². The van der Waals surface area contributed by atoms with E-state index in [1.807, 2.05) is 0 Å². The predicted molar refractivity (Wildman–Crippen MR) is 75.2 cm³/mol. The quantitative estimate of drug-likeness (QED) is 0.896. The highest BCUT2D eigenvalue weighted by molar-refractivity contribution is 5.95. The topological polar surface area (TPSA) is 62.6 Å². The van der Waals surface area contributed by atoms with Crippen molar-refractivity contribution >= 4 is 11.8 Å². The fourth-order valence-corrected chi connectivity index (χ4v) is 2.43. The molecule has 2 rings (SSSR count). The Morgan fingerprint density at radius 2 is 2.30 bits per heavy atom. The minimum absolute atomic E-state index is 0.0527. The first-order valence-corrected chi connectivity index (χ1v) is 7.21. The van der Waals surface area contributed by atoms with Gasteiger partial charge in [-0.2, -0.15) is 0 Å². The van der Waals surface area contributed by atoms with E-state index in [2.05, 4.69) is 19.2 Å². The number of carbonyl (C=O) groups is 2. The van der Waals surface area contributed by atoms with Gasteiger partial charge in [-0.15, -0.1) is 0 Å². The monoisotopic (exact) mass is 278 g/mol. The first-order chi connectivity index (χ1) is 9.59. The smallest absolute Gasteiger partial charge is 0.290 e. The number of hydrogen-bond donors (Lipinski definition) is 1. The third-order valence-electron chi connectivity index (χ3n) is 3.57. The van der Waals surface area contributed by atoms with Gasteiger partial charge >= 0.3 is 0 Å². The zero-order valence-corrected chi connectivity index (χ0v) is 12.1. The molecule has 5 nitrogen and oxygen atoms in total. The molecule has 0 spiro atoms. The van der Waals surface area contributed by atoms with E-state index in [1.165, 1.54) is 6.26 Å². The molecule has 110 valence electrons. The molecule has 1 atom stereocenters. The Balaban J connectivity index is 1.93. The Kier molecular flexibility index (Phi) is 4.82. The molecule has 0 bridgehead atoms. The second-order valence-electron chi connectivity index (χ2n) is 5.61. The van der Waals surface area contributed by atoms with Crippen LogP contribution in [0.4, 0.5) is 0 Å². The van der Waals surface area contributed by atoms with Crippen LogP contribution < -0.4 is 5.32 Å². The van der Waals surface area contributed by atoms with Gasteiger partial charge in [0.15, 0.2) is 5.76 Å². The highest BCUT2D eigenvalue weighted by Gasteiger charge is 2.35. The molecule has 2 heterocycles. The highest BCUT2D eigenvalue weighted by atomic mass is 16.3. The maximum Gasteiger partial charge on any atom is 0.290 e. The lowest BCUT2D eigenvalue weighted by Gasteiger charge is -2.23. The van der Waals surface area contributed by atoms with Gasteiger partial charge in [-0.05, 0) is 37.3 Å². The first-order valence-electron chi connectivity index (χ1n) is 7.21. The van der Waals surface area contributed by atoms with Crippen LogP contribution >= 0.6 is 0 Å². The van der Waals surface area contributed by atoms with Crippen molar-refractivity contribution in [1.82, 2.24) is 10.2 Å². The maximum absolute atomic E-state index is 12.3. The van der Waals surface area contributed by atoms with Gasteiger partial charge in [0, 0.05) is 13.1 Å². The normalized spacial score (nSPS) is 18.6. The number of furan rings is 1. The van der Waals surface area contributed by atoms with Crippen LogP contribution in [0, 0.1) is 5.92 Å². The van der Waals surface area contributed by atoms with Gasteiger partial charge in [0.2, 0.25) is 5.91 Å². The third-order valence-corrected chi connectivity index (χ3v) is 3.57. The van der Waals surface area contributed by atoms with Crippen molar-refractivity contribution in [3.05, 3.63) is 24.2 Å². The van der Waals surface area contributed by atoms with Gasteiger partial charge in [0.05, 0.1) is 6.26 Å². The van der Waals surface area contributed by atoms with E-state index in [1.54, 1.807) is 17.0 Å². The van der Waals surface area contributed by atoms with Gasteiger partial charge < -0.3 is 14.6 Å². The van der Waals surface area contributed by atoms with E-state index in [-0.39, 0.29) is 17.9 Å². The molecule has 0 saturated carbocycles. The van der Waals surface area contributed by atoms with Crippen LogP contribution in [0.1, 0.15) is 43.7 Å². The molecule has 2 amide bonds. The van der Waals surface area contributed by atoms with Crippen molar-refractivity contribution in [2.75, 3.05) is 13.1 Å². The van der Waals surface area contributed by atoms with E-state index < -0.39 is 0 Å². The Morgan fingerprint density at radius 1 is 1.50 bits per heavy atom. The maximum atomic E-state index is 12.3. The molecule has 1 fully saturated rings. The van der Waals surface area contributed by atoms with Gasteiger partial charge in [-0.1, -0.05) is 13.8 Å². The Morgan fingerprint density at radius 3 is 2.95 bits per heavy atom. The molecule has 1 aromatic heterocycles. The highest BCUT2D eigenvalue weighted by Crippen LogP contribution is 2.20. The molecule has 1 saturated heterocycles. The van der Waals surface area contributed by atoms with E-state index in [9.17, 15) is 9.59 Å². The van der Waals surface area contributed by atoms with E-state index in [0.29, 0.717) is 24.8 Å². The van der Waals surface area contributed by atoms with Crippen LogP contribution in [0.3, 0.4) is 0 Å². The van der Waals surface area contributed by atoms with Gasteiger partial charge in [-0.25, -0.2) is 0 Å². The molecule has 0 radical (unpaired) electrons. The molecule has 0 aliphatic carbocycles. The first kappa shape index (κ1) is 14.6. The summed E-state index contributed by atoms with van der Waals surface area (Å²) in [5.74, 6) is 0.603. The number of hydrogen-bond acceptors (Lipinski definition) is 3. The van der Waals surface area contributed by atoms with Crippen LogP contribution in [-0.4, -0.2) is 35.8 Å². The average Bonchev–Trinajstić information content (AvgIpc) is 3.08. The van der Waals surface area contributed by atoms with Crippen molar-refractivity contribution in [3.63, 3.8) is 0 Å². The number of amides is 2. The SMILES string of the molecule is CC(C)CCNC(=O)C1CCCN1C(=O)c1ccco1. The molecular weight excluding hydrogens is 256 g/mol. The summed E-state index contributed by atoms with van der Waals surface area (Å²) in [4.78, 5) is 26.0. The van der Waals surface area contributed by atoms with Gasteiger partial charge in [-0.3, -0.25) is 9.59 Å². The summed E-state index contributed by atoms with van der Waals surface area (Å²) in [6.07, 6.45) is 4.00. The van der Waals surface area contributed by atoms with Crippen molar-refractivity contribution in [1.29, 1.82) is 0 Å².